The van der Waals surface area contributed by atoms with Crippen molar-refractivity contribution < 1.29 is 14.7 Å². The van der Waals surface area contributed by atoms with Crippen LogP contribution in [0.25, 0.3) is 0 Å². The number of aliphatic hydroxyl groups is 1. The summed E-state index contributed by atoms with van der Waals surface area (Å²) in [5.74, 6) is -0.418. The molecule has 0 aromatic heterocycles. The minimum Gasteiger partial charge on any atom is -0.396 e. The summed E-state index contributed by atoms with van der Waals surface area (Å²) in [6.45, 7) is 3.83. The number of hydrogen-bond donors (Lipinski definition) is 3. The highest BCUT2D eigenvalue weighted by Gasteiger charge is 2.16. The molecule has 0 heterocycles. The van der Waals surface area contributed by atoms with Crippen LogP contribution in [0.1, 0.15) is 30.6 Å². The van der Waals surface area contributed by atoms with E-state index < -0.39 is 0 Å². The van der Waals surface area contributed by atoms with E-state index in [1.54, 1.807) is 18.2 Å². The molecule has 1 aromatic carbocycles. The molecule has 0 aliphatic rings. The number of benzene rings is 1. The zero-order valence-electron chi connectivity index (χ0n) is 12.2. The van der Waals surface area contributed by atoms with Crippen LogP contribution in [-0.4, -0.2) is 36.1 Å². The molecule has 0 aliphatic heterocycles. The topological polar surface area (TPSA) is 78.4 Å². The summed E-state index contributed by atoms with van der Waals surface area (Å²) in [4.78, 5) is 23.7. The van der Waals surface area contributed by atoms with Gasteiger partial charge in [-0.2, -0.15) is 0 Å². The van der Waals surface area contributed by atoms with Gasteiger partial charge in [0.2, 0.25) is 5.91 Å². The Bertz CT molecular complexity index is 492. The third kappa shape index (κ3) is 6.14. The highest BCUT2D eigenvalue weighted by molar-refractivity contribution is 6.30. The molecule has 1 aromatic rings. The molecule has 0 saturated heterocycles. The van der Waals surface area contributed by atoms with Crippen molar-refractivity contribution >= 4 is 23.4 Å². The van der Waals surface area contributed by atoms with E-state index >= 15 is 0 Å². The van der Waals surface area contributed by atoms with Gasteiger partial charge >= 0.3 is 0 Å². The minimum absolute atomic E-state index is 0.0119. The van der Waals surface area contributed by atoms with Crippen LogP contribution in [0.4, 0.5) is 0 Å². The fraction of sp³-hybridized carbons (Fsp3) is 0.467. The van der Waals surface area contributed by atoms with Crippen molar-refractivity contribution in [2.75, 3.05) is 13.2 Å². The second-order valence-electron chi connectivity index (χ2n) is 5.12. The Hall–Kier alpha value is -1.59. The molecule has 1 unspecified atom stereocenters. The van der Waals surface area contributed by atoms with Crippen molar-refractivity contribution in [2.24, 2.45) is 5.92 Å². The summed E-state index contributed by atoms with van der Waals surface area (Å²) in [5, 5.41) is 14.8. The first kappa shape index (κ1) is 17.5. The molecular formula is C15H21ClN2O3. The molecule has 3 N–H and O–H groups in total. The van der Waals surface area contributed by atoms with Crippen molar-refractivity contribution in [3.05, 3.63) is 34.9 Å². The van der Waals surface area contributed by atoms with Crippen LogP contribution in [0.2, 0.25) is 5.02 Å². The van der Waals surface area contributed by atoms with Crippen LogP contribution in [0.5, 0.6) is 0 Å². The molecule has 5 nitrogen and oxygen atoms in total. The summed E-state index contributed by atoms with van der Waals surface area (Å²) in [5.41, 5.74) is 0.408. The first-order chi connectivity index (χ1) is 9.93. The van der Waals surface area contributed by atoms with Gasteiger partial charge in [0, 0.05) is 23.2 Å². The number of carbonyl (C=O) groups excluding carboxylic acids is 2. The minimum atomic E-state index is -0.351. The van der Waals surface area contributed by atoms with Crippen molar-refractivity contribution in [1.82, 2.24) is 10.6 Å². The summed E-state index contributed by atoms with van der Waals surface area (Å²) < 4.78 is 0. The van der Waals surface area contributed by atoms with E-state index in [4.69, 9.17) is 16.7 Å². The van der Waals surface area contributed by atoms with Gasteiger partial charge < -0.3 is 15.7 Å². The normalized spacial score (nSPS) is 12.0. The Morgan fingerprint density at radius 1 is 1.33 bits per heavy atom. The smallest absolute Gasteiger partial charge is 0.251 e. The van der Waals surface area contributed by atoms with E-state index in [-0.39, 0.29) is 36.9 Å². The van der Waals surface area contributed by atoms with Crippen molar-refractivity contribution in [3.8, 4) is 0 Å². The maximum absolute atomic E-state index is 11.9. The molecule has 6 heteroatoms. The highest BCUT2D eigenvalue weighted by Crippen LogP contribution is 2.10. The maximum atomic E-state index is 11.9. The van der Waals surface area contributed by atoms with Crippen molar-refractivity contribution in [2.45, 2.75) is 26.3 Å². The lowest BCUT2D eigenvalue weighted by Gasteiger charge is -2.21. The van der Waals surface area contributed by atoms with Gasteiger partial charge in [0.1, 0.15) is 0 Å². The lowest BCUT2D eigenvalue weighted by molar-refractivity contribution is -0.121. The molecule has 0 radical (unpaired) electrons. The van der Waals surface area contributed by atoms with Gasteiger partial charge in [0.05, 0.1) is 6.54 Å². The average Bonchev–Trinajstić information content (AvgIpc) is 2.44. The molecule has 0 spiro atoms. The quantitative estimate of drug-likeness (QED) is 0.715. The first-order valence-electron chi connectivity index (χ1n) is 6.88. The number of rotatable bonds is 7. The fourth-order valence-corrected chi connectivity index (χ4v) is 2.05. The Kier molecular flexibility index (Phi) is 7.19. The number of amides is 2. The fourth-order valence-electron chi connectivity index (χ4n) is 1.86. The van der Waals surface area contributed by atoms with Gasteiger partial charge in [0.15, 0.2) is 0 Å². The van der Waals surface area contributed by atoms with Crippen molar-refractivity contribution in [3.63, 3.8) is 0 Å². The molecule has 116 valence electrons. The van der Waals surface area contributed by atoms with Crippen LogP contribution in [0, 0.1) is 5.92 Å². The molecule has 0 bridgehead atoms. The maximum Gasteiger partial charge on any atom is 0.251 e. The number of halogens is 1. The van der Waals surface area contributed by atoms with E-state index in [2.05, 4.69) is 10.6 Å². The monoisotopic (exact) mass is 312 g/mol. The van der Waals surface area contributed by atoms with Gasteiger partial charge in [-0.15, -0.1) is 0 Å². The molecular weight excluding hydrogens is 292 g/mol. The van der Waals surface area contributed by atoms with E-state index in [1.807, 2.05) is 13.8 Å². The second kappa shape index (κ2) is 8.64. The number of hydrogen-bond acceptors (Lipinski definition) is 3. The van der Waals surface area contributed by atoms with Gasteiger partial charge in [0.25, 0.3) is 5.91 Å². The summed E-state index contributed by atoms with van der Waals surface area (Å²) in [6.07, 6.45) is 0.492. The number of carbonyl (C=O) groups is 2. The summed E-state index contributed by atoms with van der Waals surface area (Å²) in [6, 6.07) is 6.41. The zero-order valence-corrected chi connectivity index (χ0v) is 13.0. The first-order valence-corrected chi connectivity index (χ1v) is 7.25. The Morgan fingerprint density at radius 3 is 2.62 bits per heavy atom. The Labute approximate surface area is 129 Å². The third-order valence-electron chi connectivity index (χ3n) is 3.09. The molecule has 0 fully saturated rings. The Balaban J connectivity index is 2.47. The SMILES string of the molecule is CC(C)C(CCO)NC(=O)CNC(=O)c1cccc(Cl)c1. The summed E-state index contributed by atoms with van der Waals surface area (Å²) >= 11 is 5.81. The number of nitrogens with one attached hydrogen (secondary N) is 2. The molecule has 0 saturated carbocycles. The second-order valence-corrected chi connectivity index (χ2v) is 5.56. The molecule has 1 atom stereocenters. The van der Waals surface area contributed by atoms with E-state index in [1.165, 1.54) is 6.07 Å². The van der Waals surface area contributed by atoms with Crippen LogP contribution in [-0.2, 0) is 4.79 Å². The standard InChI is InChI=1S/C15H21ClN2O3/c1-10(2)13(6-7-19)18-14(20)9-17-15(21)11-4-3-5-12(16)8-11/h3-5,8,10,13,19H,6-7,9H2,1-2H3,(H,17,21)(H,18,20). The van der Waals surface area contributed by atoms with Gasteiger partial charge in [-0.3, -0.25) is 9.59 Å². The van der Waals surface area contributed by atoms with Crippen LogP contribution >= 0.6 is 11.6 Å². The molecule has 21 heavy (non-hydrogen) atoms. The predicted molar refractivity (Wildman–Crippen MR) is 82.3 cm³/mol. The van der Waals surface area contributed by atoms with Crippen LogP contribution < -0.4 is 10.6 Å². The van der Waals surface area contributed by atoms with Crippen LogP contribution in [0.3, 0.4) is 0 Å². The zero-order chi connectivity index (χ0) is 15.8. The van der Waals surface area contributed by atoms with E-state index in [0.717, 1.165) is 0 Å². The average molecular weight is 313 g/mol. The van der Waals surface area contributed by atoms with E-state index in [0.29, 0.717) is 17.0 Å². The largest absolute Gasteiger partial charge is 0.396 e. The number of aliphatic hydroxyl groups excluding tert-OH is 1. The van der Waals surface area contributed by atoms with Crippen molar-refractivity contribution in [1.29, 1.82) is 0 Å². The summed E-state index contributed by atoms with van der Waals surface area (Å²) in [7, 11) is 0. The lowest BCUT2D eigenvalue weighted by atomic mass is 10.0. The van der Waals surface area contributed by atoms with E-state index in [9.17, 15) is 9.59 Å². The van der Waals surface area contributed by atoms with Gasteiger partial charge in [-0.25, -0.2) is 0 Å². The predicted octanol–water partition coefficient (Wildman–Crippen LogP) is 1.59. The molecule has 2 amide bonds. The van der Waals surface area contributed by atoms with Gasteiger partial charge in [-0.1, -0.05) is 31.5 Å². The molecule has 1 rings (SSSR count). The lowest BCUT2D eigenvalue weighted by Crippen LogP contribution is -2.44. The highest BCUT2D eigenvalue weighted by atomic mass is 35.5. The van der Waals surface area contributed by atoms with Gasteiger partial charge in [-0.05, 0) is 30.5 Å². The Morgan fingerprint density at radius 2 is 2.05 bits per heavy atom. The van der Waals surface area contributed by atoms with Crippen LogP contribution in [0.15, 0.2) is 24.3 Å². The molecule has 0 aliphatic carbocycles. The third-order valence-corrected chi connectivity index (χ3v) is 3.32.